The van der Waals surface area contributed by atoms with E-state index in [-0.39, 0.29) is 5.54 Å². The molecule has 19 heavy (non-hydrogen) atoms. The number of rotatable bonds is 4. The van der Waals surface area contributed by atoms with Gasteiger partial charge in [-0.3, -0.25) is 4.90 Å². The fraction of sp³-hybridized carbons (Fsp3) is 0.600. The van der Waals surface area contributed by atoms with E-state index >= 15 is 0 Å². The van der Waals surface area contributed by atoms with Gasteiger partial charge in [0, 0.05) is 36.3 Å². The van der Waals surface area contributed by atoms with Gasteiger partial charge < -0.3 is 10.5 Å². The molecule has 1 aromatic rings. The quantitative estimate of drug-likeness (QED) is 0.924. The van der Waals surface area contributed by atoms with Crippen LogP contribution >= 0.6 is 15.9 Å². The summed E-state index contributed by atoms with van der Waals surface area (Å²) < 4.78 is 6.71. The standard InChI is InChI=1S/C15H23BrN2O/c1-18(11-13-4-2-5-14(16)10-13)15(12-17)6-3-8-19-9-7-15/h2,4-5,10H,3,6-9,11-12,17H2,1H3. The predicted octanol–water partition coefficient (Wildman–Crippen LogP) is 2.78. The van der Waals surface area contributed by atoms with E-state index in [4.69, 9.17) is 10.5 Å². The first-order valence-electron chi connectivity index (χ1n) is 6.90. The Kier molecular flexibility index (Phi) is 5.39. The van der Waals surface area contributed by atoms with Gasteiger partial charge in [0.2, 0.25) is 0 Å². The van der Waals surface area contributed by atoms with Crippen LogP contribution in [0.4, 0.5) is 0 Å². The number of nitrogens with zero attached hydrogens (tertiary/aromatic N) is 1. The average Bonchev–Trinajstić information content (AvgIpc) is 2.65. The van der Waals surface area contributed by atoms with Crippen LogP contribution < -0.4 is 5.73 Å². The van der Waals surface area contributed by atoms with E-state index in [0.29, 0.717) is 6.54 Å². The zero-order valence-electron chi connectivity index (χ0n) is 11.6. The van der Waals surface area contributed by atoms with Gasteiger partial charge in [-0.1, -0.05) is 28.1 Å². The molecule has 1 aromatic carbocycles. The van der Waals surface area contributed by atoms with Gasteiger partial charge in [0.05, 0.1) is 0 Å². The average molecular weight is 327 g/mol. The summed E-state index contributed by atoms with van der Waals surface area (Å²) in [7, 11) is 2.18. The second-order valence-corrected chi connectivity index (χ2v) is 6.30. The molecule has 106 valence electrons. The molecular formula is C15H23BrN2O. The minimum absolute atomic E-state index is 0.0822. The fourth-order valence-electron chi connectivity index (χ4n) is 2.81. The van der Waals surface area contributed by atoms with Crippen molar-refractivity contribution in [2.24, 2.45) is 5.73 Å². The molecule has 1 aliphatic rings. The maximum atomic E-state index is 6.09. The number of nitrogens with two attached hydrogens (primary N) is 1. The highest BCUT2D eigenvalue weighted by atomic mass is 79.9. The minimum Gasteiger partial charge on any atom is -0.381 e. The number of ether oxygens (including phenoxy) is 1. The molecule has 0 aromatic heterocycles. The smallest absolute Gasteiger partial charge is 0.0484 e. The Hall–Kier alpha value is -0.420. The topological polar surface area (TPSA) is 38.5 Å². The molecule has 1 unspecified atom stereocenters. The largest absolute Gasteiger partial charge is 0.381 e. The predicted molar refractivity (Wildman–Crippen MR) is 82.1 cm³/mol. The molecule has 1 saturated heterocycles. The summed E-state index contributed by atoms with van der Waals surface area (Å²) in [5.74, 6) is 0. The highest BCUT2D eigenvalue weighted by molar-refractivity contribution is 9.10. The van der Waals surface area contributed by atoms with Crippen molar-refractivity contribution in [2.75, 3.05) is 26.8 Å². The molecular weight excluding hydrogens is 304 g/mol. The SMILES string of the molecule is CN(Cc1cccc(Br)c1)C1(CN)CCCOCC1. The Balaban J connectivity index is 2.09. The van der Waals surface area contributed by atoms with Crippen molar-refractivity contribution in [1.82, 2.24) is 4.90 Å². The van der Waals surface area contributed by atoms with Gasteiger partial charge in [-0.2, -0.15) is 0 Å². The first-order chi connectivity index (χ1) is 9.16. The molecule has 1 fully saturated rings. The Morgan fingerprint density at radius 1 is 1.37 bits per heavy atom. The molecule has 0 spiro atoms. The molecule has 0 saturated carbocycles. The third-order valence-electron chi connectivity index (χ3n) is 4.14. The Labute approximate surface area is 124 Å². The summed E-state index contributed by atoms with van der Waals surface area (Å²) in [6.07, 6.45) is 3.24. The van der Waals surface area contributed by atoms with Crippen LogP contribution in [0, 0.1) is 0 Å². The van der Waals surface area contributed by atoms with Crippen LogP contribution in [0.15, 0.2) is 28.7 Å². The van der Waals surface area contributed by atoms with Gasteiger partial charge in [0.25, 0.3) is 0 Å². The Morgan fingerprint density at radius 2 is 2.21 bits per heavy atom. The number of hydrogen-bond acceptors (Lipinski definition) is 3. The lowest BCUT2D eigenvalue weighted by molar-refractivity contribution is 0.0835. The lowest BCUT2D eigenvalue weighted by atomic mass is 9.88. The van der Waals surface area contributed by atoms with E-state index in [1.54, 1.807) is 0 Å². The molecule has 1 atom stereocenters. The van der Waals surface area contributed by atoms with Crippen molar-refractivity contribution in [2.45, 2.75) is 31.3 Å². The number of benzene rings is 1. The maximum Gasteiger partial charge on any atom is 0.0484 e. The van der Waals surface area contributed by atoms with Crippen LogP contribution in [-0.2, 0) is 11.3 Å². The summed E-state index contributed by atoms with van der Waals surface area (Å²) in [6.45, 7) is 3.31. The number of likely N-dealkylation sites (N-methyl/N-ethyl adjacent to an activating group) is 1. The lowest BCUT2D eigenvalue weighted by Crippen LogP contribution is -2.51. The van der Waals surface area contributed by atoms with Crippen LogP contribution in [0.3, 0.4) is 0 Å². The summed E-state index contributed by atoms with van der Waals surface area (Å²) in [4.78, 5) is 2.41. The third-order valence-corrected chi connectivity index (χ3v) is 4.63. The summed E-state index contributed by atoms with van der Waals surface area (Å²) in [5.41, 5.74) is 7.48. The first kappa shape index (κ1) is 15.0. The fourth-order valence-corrected chi connectivity index (χ4v) is 3.26. The van der Waals surface area contributed by atoms with Crippen LogP contribution in [-0.4, -0.2) is 37.2 Å². The molecule has 0 radical (unpaired) electrons. The van der Waals surface area contributed by atoms with Crippen LogP contribution in [0.25, 0.3) is 0 Å². The van der Waals surface area contributed by atoms with E-state index in [0.717, 1.165) is 43.5 Å². The maximum absolute atomic E-state index is 6.09. The zero-order valence-corrected chi connectivity index (χ0v) is 13.2. The van der Waals surface area contributed by atoms with Crippen molar-refractivity contribution in [1.29, 1.82) is 0 Å². The second-order valence-electron chi connectivity index (χ2n) is 5.38. The summed E-state index contributed by atoms with van der Waals surface area (Å²) >= 11 is 3.53. The van der Waals surface area contributed by atoms with Gasteiger partial charge in [-0.25, -0.2) is 0 Å². The molecule has 1 aliphatic heterocycles. The van der Waals surface area contributed by atoms with Crippen LogP contribution in [0.2, 0.25) is 0 Å². The molecule has 4 heteroatoms. The van der Waals surface area contributed by atoms with Gasteiger partial charge >= 0.3 is 0 Å². The summed E-state index contributed by atoms with van der Waals surface area (Å²) in [5, 5.41) is 0. The highest BCUT2D eigenvalue weighted by Gasteiger charge is 2.33. The van der Waals surface area contributed by atoms with Crippen molar-refractivity contribution in [3.05, 3.63) is 34.3 Å². The lowest BCUT2D eigenvalue weighted by Gasteiger charge is -2.40. The van der Waals surface area contributed by atoms with Crippen molar-refractivity contribution >= 4 is 15.9 Å². The van der Waals surface area contributed by atoms with E-state index in [9.17, 15) is 0 Å². The van der Waals surface area contributed by atoms with Crippen molar-refractivity contribution in [3.8, 4) is 0 Å². The van der Waals surface area contributed by atoms with E-state index in [1.165, 1.54) is 5.56 Å². The molecule has 2 rings (SSSR count). The molecule has 2 N–H and O–H groups in total. The highest BCUT2D eigenvalue weighted by Crippen LogP contribution is 2.28. The Morgan fingerprint density at radius 3 is 2.95 bits per heavy atom. The number of halogens is 1. The minimum atomic E-state index is 0.0822. The van der Waals surface area contributed by atoms with Gasteiger partial charge in [-0.05, 0) is 44.0 Å². The Bertz CT molecular complexity index is 403. The van der Waals surface area contributed by atoms with Crippen molar-refractivity contribution < 1.29 is 4.74 Å². The van der Waals surface area contributed by atoms with E-state index < -0.39 is 0 Å². The molecule has 0 amide bonds. The first-order valence-corrected chi connectivity index (χ1v) is 7.69. The van der Waals surface area contributed by atoms with Gasteiger partial charge in [-0.15, -0.1) is 0 Å². The molecule has 0 bridgehead atoms. The van der Waals surface area contributed by atoms with Gasteiger partial charge in [0.1, 0.15) is 0 Å². The van der Waals surface area contributed by atoms with E-state index in [1.807, 2.05) is 0 Å². The van der Waals surface area contributed by atoms with Crippen LogP contribution in [0.5, 0.6) is 0 Å². The normalized spacial score (nSPS) is 24.4. The monoisotopic (exact) mass is 326 g/mol. The second kappa shape index (κ2) is 6.84. The molecule has 0 aliphatic carbocycles. The van der Waals surface area contributed by atoms with E-state index in [2.05, 4.69) is 52.1 Å². The van der Waals surface area contributed by atoms with Crippen molar-refractivity contribution in [3.63, 3.8) is 0 Å². The van der Waals surface area contributed by atoms with Crippen LogP contribution in [0.1, 0.15) is 24.8 Å². The molecule has 3 nitrogen and oxygen atoms in total. The summed E-state index contributed by atoms with van der Waals surface area (Å²) in [6, 6.07) is 8.48. The zero-order chi connectivity index (χ0) is 13.7. The molecule has 1 heterocycles. The van der Waals surface area contributed by atoms with Gasteiger partial charge in [0.15, 0.2) is 0 Å². The third kappa shape index (κ3) is 3.78. The number of hydrogen-bond donors (Lipinski definition) is 1.